The third-order valence-electron chi connectivity index (χ3n) is 3.41. The van der Waals surface area contributed by atoms with Gasteiger partial charge in [-0.15, -0.1) is 0 Å². The Kier molecular flexibility index (Phi) is 4.19. The molecule has 0 spiro atoms. The number of rotatable bonds is 4. The van der Waals surface area contributed by atoms with Gasteiger partial charge in [-0.2, -0.15) is 0 Å². The van der Waals surface area contributed by atoms with E-state index in [0.717, 1.165) is 5.56 Å². The summed E-state index contributed by atoms with van der Waals surface area (Å²) in [7, 11) is 1.55. The van der Waals surface area contributed by atoms with E-state index in [-0.39, 0.29) is 11.5 Å². The van der Waals surface area contributed by atoms with Crippen molar-refractivity contribution in [3.63, 3.8) is 0 Å². The van der Waals surface area contributed by atoms with E-state index in [1.807, 2.05) is 0 Å². The Hall–Kier alpha value is -2.95. The van der Waals surface area contributed by atoms with Gasteiger partial charge in [0, 0.05) is 5.56 Å². The van der Waals surface area contributed by atoms with Crippen LogP contribution in [0.25, 0.3) is 6.08 Å². The lowest BCUT2D eigenvalue weighted by Crippen LogP contribution is -2.16. The molecule has 5 nitrogen and oxygen atoms in total. The molecule has 0 saturated carbocycles. The standard InChI is InChI=1S/C18H16O5/c1-21-16-9-12(10-17-18(16)23-8-7-22-17)5-6-15(20)13-3-2-4-14(19)11-13/h2-6,9-11,19H,7-8H2,1H3/b6-5+. The number of aromatic hydroxyl groups is 1. The molecule has 2 aromatic carbocycles. The van der Waals surface area contributed by atoms with Crippen LogP contribution < -0.4 is 14.2 Å². The van der Waals surface area contributed by atoms with Crippen molar-refractivity contribution in [2.45, 2.75) is 0 Å². The smallest absolute Gasteiger partial charge is 0.203 e. The molecule has 0 atom stereocenters. The summed E-state index contributed by atoms with van der Waals surface area (Å²) in [5.74, 6) is 1.60. The van der Waals surface area contributed by atoms with Gasteiger partial charge in [-0.05, 0) is 35.9 Å². The first kappa shape index (κ1) is 15.0. The number of hydrogen-bond acceptors (Lipinski definition) is 5. The second-order valence-electron chi connectivity index (χ2n) is 5.00. The van der Waals surface area contributed by atoms with Crippen molar-refractivity contribution < 1.29 is 24.1 Å². The first-order valence-electron chi connectivity index (χ1n) is 7.16. The molecule has 0 unspecified atom stereocenters. The lowest BCUT2D eigenvalue weighted by molar-refractivity contribution is 0.104. The van der Waals surface area contributed by atoms with Crippen LogP contribution in [0, 0.1) is 0 Å². The highest BCUT2D eigenvalue weighted by atomic mass is 16.6. The van der Waals surface area contributed by atoms with Gasteiger partial charge in [-0.25, -0.2) is 0 Å². The van der Waals surface area contributed by atoms with Crippen molar-refractivity contribution in [1.29, 1.82) is 0 Å². The molecular formula is C18H16O5. The number of benzene rings is 2. The van der Waals surface area contributed by atoms with Gasteiger partial charge in [0.2, 0.25) is 5.75 Å². The fraction of sp³-hybridized carbons (Fsp3) is 0.167. The number of phenols is 1. The minimum atomic E-state index is -0.199. The highest BCUT2D eigenvalue weighted by molar-refractivity contribution is 6.07. The normalized spacial score (nSPS) is 13.1. The van der Waals surface area contributed by atoms with Crippen LogP contribution in [0.1, 0.15) is 15.9 Å². The average Bonchev–Trinajstić information content (AvgIpc) is 2.58. The molecule has 2 aromatic rings. The zero-order valence-electron chi connectivity index (χ0n) is 12.6. The van der Waals surface area contributed by atoms with Gasteiger partial charge in [0.25, 0.3) is 0 Å². The second-order valence-corrected chi connectivity index (χ2v) is 5.00. The van der Waals surface area contributed by atoms with Crippen molar-refractivity contribution >= 4 is 11.9 Å². The van der Waals surface area contributed by atoms with Crippen LogP contribution in [0.4, 0.5) is 0 Å². The van der Waals surface area contributed by atoms with Gasteiger partial charge in [0.1, 0.15) is 19.0 Å². The SMILES string of the molecule is COc1cc(/C=C/C(=O)c2cccc(O)c2)cc2c1OCCO2. The van der Waals surface area contributed by atoms with Crippen molar-refractivity contribution in [2.75, 3.05) is 20.3 Å². The van der Waals surface area contributed by atoms with Crippen LogP contribution in [-0.2, 0) is 0 Å². The summed E-state index contributed by atoms with van der Waals surface area (Å²) in [6.45, 7) is 0.958. The predicted octanol–water partition coefficient (Wildman–Crippen LogP) is 3.07. The maximum atomic E-state index is 12.1. The molecule has 5 heteroatoms. The zero-order valence-corrected chi connectivity index (χ0v) is 12.6. The summed E-state index contributed by atoms with van der Waals surface area (Å²) in [4.78, 5) is 12.1. The van der Waals surface area contributed by atoms with Crippen molar-refractivity contribution in [3.8, 4) is 23.0 Å². The predicted molar refractivity (Wildman–Crippen MR) is 85.5 cm³/mol. The summed E-state index contributed by atoms with van der Waals surface area (Å²) in [5.41, 5.74) is 1.19. The minimum Gasteiger partial charge on any atom is -0.508 e. The maximum Gasteiger partial charge on any atom is 0.203 e. The van der Waals surface area contributed by atoms with Crippen LogP contribution in [0.5, 0.6) is 23.0 Å². The van der Waals surface area contributed by atoms with Gasteiger partial charge in [0.15, 0.2) is 17.3 Å². The Labute approximate surface area is 133 Å². The molecule has 118 valence electrons. The third-order valence-corrected chi connectivity index (χ3v) is 3.41. The molecule has 0 fully saturated rings. The summed E-state index contributed by atoms with van der Waals surface area (Å²) < 4.78 is 16.4. The van der Waals surface area contributed by atoms with Crippen molar-refractivity contribution in [3.05, 3.63) is 53.6 Å². The van der Waals surface area contributed by atoms with Crippen LogP contribution in [-0.4, -0.2) is 31.2 Å². The van der Waals surface area contributed by atoms with Gasteiger partial charge >= 0.3 is 0 Å². The van der Waals surface area contributed by atoms with Crippen molar-refractivity contribution in [2.24, 2.45) is 0 Å². The Balaban J connectivity index is 1.86. The molecule has 1 aliphatic heterocycles. The van der Waals surface area contributed by atoms with Crippen LogP contribution in [0.15, 0.2) is 42.5 Å². The molecule has 0 aromatic heterocycles. The Morgan fingerprint density at radius 2 is 2.04 bits per heavy atom. The number of carbonyl (C=O) groups excluding carboxylic acids is 1. The minimum absolute atomic E-state index is 0.0604. The monoisotopic (exact) mass is 312 g/mol. The second kappa shape index (κ2) is 6.44. The Bertz CT molecular complexity index is 747. The molecule has 0 radical (unpaired) electrons. The molecule has 0 saturated heterocycles. The highest BCUT2D eigenvalue weighted by Gasteiger charge is 2.17. The number of phenolic OH excluding ortho intramolecular Hbond substituents is 1. The van der Waals surface area contributed by atoms with E-state index in [0.29, 0.717) is 36.0 Å². The lowest BCUT2D eigenvalue weighted by atomic mass is 10.1. The van der Waals surface area contributed by atoms with E-state index in [2.05, 4.69) is 0 Å². The number of fused-ring (bicyclic) bond motifs is 1. The Morgan fingerprint density at radius 3 is 2.83 bits per heavy atom. The molecule has 23 heavy (non-hydrogen) atoms. The molecule has 1 N–H and O–H groups in total. The number of allylic oxidation sites excluding steroid dienone is 1. The molecule has 3 rings (SSSR count). The molecule has 1 heterocycles. The number of ether oxygens (including phenoxy) is 3. The van der Waals surface area contributed by atoms with E-state index in [4.69, 9.17) is 14.2 Å². The van der Waals surface area contributed by atoms with Gasteiger partial charge in [0.05, 0.1) is 7.11 Å². The molecular weight excluding hydrogens is 296 g/mol. The molecule has 1 aliphatic rings. The van der Waals surface area contributed by atoms with E-state index >= 15 is 0 Å². The number of hydrogen-bond donors (Lipinski definition) is 1. The van der Waals surface area contributed by atoms with Gasteiger partial charge < -0.3 is 19.3 Å². The van der Waals surface area contributed by atoms with Crippen LogP contribution in [0.3, 0.4) is 0 Å². The summed E-state index contributed by atoms with van der Waals surface area (Å²) in [6, 6.07) is 9.80. The first-order valence-corrected chi connectivity index (χ1v) is 7.16. The first-order chi connectivity index (χ1) is 11.2. The largest absolute Gasteiger partial charge is 0.508 e. The molecule has 0 aliphatic carbocycles. The summed E-state index contributed by atoms with van der Waals surface area (Å²) in [5, 5.41) is 9.42. The third kappa shape index (κ3) is 3.29. The van der Waals surface area contributed by atoms with E-state index in [1.54, 1.807) is 37.5 Å². The number of carbonyl (C=O) groups is 1. The zero-order chi connectivity index (χ0) is 16.2. The fourth-order valence-electron chi connectivity index (χ4n) is 2.32. The quantitative estimate of drug-likeness (QED) is 0.694. The van der Waals surface area contributed by atoms with Gasteiger partial charge in [-0.3, -0.25) is 4.79 Å². The lowest BCUT2D eigenvalue weighted by Gasteiger charge is -2.20. The van der Waals surface area contributed by atoms with E-state index in [1.165, 1.54) is 18.2 Å². The van der Waals surface area contributed by atoms with Crippen LogP contribution >= 0.6 is 0 Å². The Morgan fingerprint density at radius 1 is 1.22 bits per heavy atom. The average molecular weight is 312 g/mol. The maximum absolute atomic E-state index is 12.1. The number of ketones is 1. The van der Waals surface area contributed by atoms with Gasteiger partial charge in [-0.1, -0.05) is 18.2 Å². The fourth-order valence-corrected chi connectivity index (χ4v) is 2.32. The topological polar surface area (TPSA) is 65.0 Å². The van der Waals surface area contributed by atoms with Crippen LogP contribution in [0.2, 0.25) is 0 Å². The molecule has 0 amide bonds. The highest BCUT2D eigenvalue weighted by Crippen LogP contribution is 2.40. The van der Waals surface area contributed by atoms with E-state index in [9.17, 15) is 9.90 Å². The van der Waals surface area contributed by atoms with Crippen molar-refractivity contribution in [1.82, 2.24) is 0 Å². The molecule has 0 bridgehead atoms. The number of methoxy groups -OCH3 is 1. The van der Waals surface area contributed by atoms with E-state index < -0.39 is 0 Å². The summed E-state index contributed by atoms with van der Waals surface area (Å²) >= 11 is 0. The summed E-state index contributed by atoms with van der Waals surface area (Å²) in [6.07, 6.45) is 3.12.